The summed E-state index contributed by atoms with van der Waals surface area (Å²) in [7, 11) is 0. The molecule has 0 aliphatic heterocycles. The summed E-state index contributed by atoms with van der Waals surface area (Å²) in [5.74, 6) is -0.0359. The molecule has 3 nitrogen and oxygen atoms in total. The largest absolute Gasteiger partial charge is 0.351 e. The highest BCUT2D eigenvalue weighted by atomic mass is 16.2. The summed E-state index contributed by atoms with van der Waals surface area (Å²) in [5.41, 5.74) is 5.67. The van der Waals surface area contributed by atoms with Crippen LogP contribution in [0, 0.1) is 5.41 Å². The summed E-state index contributed by atoms with van der Waals surface area (Å²) in [5, 5.41) is 2.96. The van der Waals surface area contributed by atoms with E-state index in [4.69, 9.17) is 5.73 Å². The van der Waals surface area contributed by atoms with Crippen molar-refractivity contribution in [1.82, 2.24) is 5.32 Å². The van der Waals surface area contributed by atoms with Gasteiger partial charge in [0.25, 0.3) is 0 Å². The normalized spacial score (nSPS) is 19.7. The zero-order chi connectivity index (χ0) is 10.8. The summed E-state index contributed by atoms with van der Waals surface area (Å²) in [4.78, 5) is 11.7. The van der Waals surface area contributed by atoms with Gasteiger partial charge in [0.2, 0.25) is 5.91 Å². The Bertz CT molecular complexity index is 232. The number of amides is 1. The van der Waals surface area contributed by atoms with Gasteiger partial charge in [-0.05, 0) is 18.3 Å². The van der Waals surface area contributed by atoms with Gasteiger partial charge in [-0.3, -0.25) is 4.79 Å². The summed E-state index contributed by atoms with van der Waals surface area (Å²) >= 11 is 0. The van der Waals surface area contributed by atoms with Crippen LogP contribution in [0.4, 0.5) is 0 Å². The quantitative estimate of drug-likeness (QED) is 0.652. The first-order valence-electron chi connectivity index (χ1n) is 5.12. The maximum atomic E-state index is 11.7. The Hall–Kier alpha value is -0.830. The minimum absolute atomic E-state index is 0.0359. The molecule has 0 saturated carbocycles. The number of nitrogens with two attached hydrogens (primary N) is 1. The number of hydrogen-bond acceptors (Lipinski definition) is 2. The van der Waals surface area contributed by atoms with Gasteiger partial charge in [0.1, 0.15) is 0 Å². The highest BCUT2D eigenvalue weighted by molar-refractivity contribution is 5.82. The molecule has 3 heteroatoms. The second kappa shape index (κ2) is 4.13. The number of carbonyl (C=O) groups is 1. The summed E-state index contributed by atoms with van der Waals surface area (Å²) in [6.45, 7) is 5.93. The summed E-state index contributed by atoms with van der Waals surface area (Å²) in [6, 6.07) is -0.168. The average Bonchev–Trinajstić information content (AvgIpc) is 2.53. The van der Waals surface area contributed by atoms with Crippen LogP contribution in [0.2, 0.25) is 0 Å². The van der Waals surface area contributed by atoms with Gasteiger partial charge in [-0.15, -0.1) is 0 Å². The predicted molar refractivity (Wildman–Crippen MR) is 57.7 cm³/mol. The van der Waals surface area contributed by atoms with Crippen LogP contribution in [0.1, 0.15) is 33.6 Å². The Morgan fingerprint density at radius 3 is 2.36 bits per heavy atom. The van der Waals surface area contributed by atoms with Gasteiger partial charge in [-0.25, -0.2) is 0 Å². The smallest absolute Gasteiger partial charge is 0.237 e. The molecule has 80 valence electrons. The molecule has 1 atom stereocenters. The molecule has 14 heavy (non-hydrogen) atoms. The lowest BCUT2D eigenvalue weighted by Gasteiger charge is -2.27. The number of nitrogens with one attached hydrogen (secondary N) is 1. The van der Waals surface area contributed by atoms with E-state index in [0.717, 1.165) is 12.8 Å². The van der Waals surface area contributed by atoms with E-state index in [1.54, 1.807) is 0 Å². The van der Waals surface area contributed by atoms with Gasteiger partial charge in [0.05, 0.1) is 6.04 Å². The Labute approximate surface area is 85.7 Å². The molecule has 0 aromatic rings. The maximum absolute atomic E-state index is 11.7. The molecule has 0 spiro atoms. The van der Waals surface area contributed by atoms with Crippen molar-refractivity contribution in [3.63, 3.8) is 0 Å². The van der Waals surface area contributed by atoms with E-state index in [0.29, 0.717) is 0 Å². The highest BCUT2D eigenvalue weighted by Crippen LogP contribution is 2.18. The molecule has 1 rings (SSSR count). The fraction of sp³-hybridized carbons (Fsp3) is 0.727. The number of rotatable bonds is 2. The van der Waals surface area contributed by atoms with Crippen LogP contribution in [0.25, 0.3) is 0 Å². The number of hydrogen-bond donors (Lipinski definition) is 2. The lowest BCUT2D eigenvalue weighted by atomic mass is 9.87. The fourth-order valence-electron chi connectivity index (χ4n) is 1.42. The van der Waals surface area contributed by atoms with Crippen molar-refractivity contribution in [3.05, 3.63) is 12.2 Å². The Morgan fingerprint density at radius 2 is 1.93 bits per heavy atom. The molecule has 0 aromatic carbocycles. The fourth-order valence-corrected chi connectivity index (χ4v) is 1.42. The lowest BCUT2D eigenvalue weighted by molar-refractivity contribution is -0.125. The van der Waals surface area contributed by atoms with Crippen LogP contribution in [-0.2, 0) is 4.79 Å². The zero-order valence-electron chi connectivity index (χ0n) is 9.21. The molecule has 0 bridgehead atoms. The Morgan fingerprint density at radius 1 is 1.43 bits per heavy atom. The second-order valence-corrected chi connectivity index (χ2v) is 4.99. The van der Waals surface area contributed by atoms with Crippen molar-refractivity contribution < 1.29 is 4.79 Å². The van der Waals surface area contributed by atoms with Crippen LogP contribution in [0.5, 0.6) is 0 Å². The third-order valence-electron chi connectivity index (χ3n) is 2.57. The van der Waals surface area contributed by atoms with E-state index in [2.05, 4.69) is 17.5 Å². The van der Waals surface area contributed by atoms with Gasteiger partial charge in [-0.1, -0.05) is 32.9 Å². The van der Waals surface area contributed by atoms with Crippen LogP contribution >= 0.6 is 0 Å². The van der Waals surface area contributed by atoms with Gasteiger partial charge < -0.3 is 11.1 Å². The van der Waals surface area contributed by atoms with Gasteiger partial charge in [0, 0.05) is 6.04 Å². The molecular weight excluding hydrogens is 176 g/mol. The maximum Gasteiger partial charge on any atom is 0.237 e. The molecule has 0 radical (unpaired) electrons. The Kier molecular flexibility index (Phi) is 3.32. The summed E-state index contributed by atoms with van der Waals surface area (Å²) in [6.07, 6.45) is 6.05. The van der Waals surface area contributed by atoms with Crippen molar-refractivity contribution in [1.29, 1.82) is 0 Å². The number of carbonyl (C=O) groups excluding carboxylic acids is 1. The van der Waals surface area contributed by atoms with E-state index in [-0.39, 0.29) is 17.4 Å². The van der Waals surface area contributed by atoms with E-state index >= 15 is 0 Å². The van der Waals surface area contributed by atoms with Gasteiger partial charge in [-0.2, -0.15) is 0 Å². The van der Waals surface area contributed by atoms with E-state index < -0.39 is 6.04 Å². The van der Waals surface area contributed by atoms with Gasteiger partial charge in [0.15, 0.2) is 0 Å². The topological polar surface area (TPSA) is 55.1 Å². The molecule has 1 aliphatic rings. The molecular formula is C11H20N2O. The predicted octanol–water partition coefficient (Wildman–Crippen LogP) is 1.19. The first-order chi connectivity index (χ1) is 6.41. The first-order valence-corrected chi connectivity index (χ1v) is 5.12. The SMILES string of the molecule is CC(C)(C)[C@@H](N)C(=O)NC1CC=CC1. The molecule has 0 unspecified atom stereocenters. The molecule has 0 aromatic heterocycles. The van der Waals surface area contributed by atoms with Gasteiger partial charge >= 0.3 is 0 Å². The van der Waals surface area contributed by atoms with Crippen LogP contribution in [0.15, 0.2) is 12.2 Å². The standard InChI is InChI=1S/C11H20N2O/c1-11(2,3)9(12)10(14)13-8-6-4-5-7-8/h4-5,8-9H,6-7,12H2,1-3H3,(H,13,14)/t9-/m0/s1. The van der Waals surface area contributed by atoms with Crippen molar-refractivity contribution >= 4 is 5.91 Å². The first kappa shape index (κ1) is 11.2. The average molecular weight is 196 g/mol. The molecule has 0 saturated heterocycles. The Balaban J connectivity index is 2.41. The van der Waals surface area contributed by atoms with Crippen molar-refractivity contribution in [2.24, 2.45) is 11.1 Å². The van der Waals surface area contributed by atoms with Crippen LogP contribution < -0.4 is 11.1 Å². The third kappa shape index (κ3) is 2.84. The second-order valence-electron chi connectivity index (χ2n) is 4.99. The molecule has 3 N–H and O–H groups in total. The lowest BCUT2D eigenvalue weighted by Crippen LogP contribution is -2.50. The monoisotopic (exact) mass is 196 g/mol. The molecule has 1 amide bonds. The van der Waals surface area contributed by atoms with Crippen molar-refractivity contribution in [2.75, 3.05) is 0 Å². The minimum Gasteiger partial charge on any atom is -0.351 e. The summed E-state index contributed by atoms with van der Waals surface area (Å²) < 4.78 is 0. The molecule has 0 fully saturated rings. The van der Waals surface area contributed by atoms with E-state index in [1.165, 1.54) is 0 Å². The van der Waals surface area contributed by atoms with Crippen molar-refractivity contribution in [3.8, 4) is 0 Å². The van der Waals surface area contributed by atoms with Crippen LogP contribution in [0.3, 0.4) is 0 Å². The molecule has 1 aliphatic carbocycles. The molecule has 0 heterocycles. The van der Waals surface area contributed by atoms with E-state index in [9.17, 15) is 4.79 Å². The highest BCUT2D eigenvalue weighted by Gasteiger charge is 2.28. The zero-order valence-corrected chi connectivity index (χ0v) is 9.21. The van der Waals surface area contributed by atoms with E-state index in [1.807, 2.05) is 20.8 Å². The van der Waals surface area contributed by atoms with Crippen LogP contribution in [-0.4, -0.2) is 18.0 Å². The minimum atomic E-state index is -0.428. The third-order valence-corrected chi connectivity index (χ3v) is 2.57. The van der Waals surface area contributed by atoms with Crippen molar-refractivity contribution in [2.45, 2.75) is 45.7 Å².